The summed E-state index contributed by atoms with van der Waals surface area (Å²) < 4.78 is 27.7. The fourth-order valence-electron chi connectivity index (χ4n) is 2.53. The molecule has 2 N–H and O–H groups in total. The van der Waals surface area contributed by atoms with E-state index in [4.69, 9.17) is 0 Å². The van der Waals surface area contributed by atoms with Gasteiger partial charge in [0, 0.05) is 31.4 Å². The number of imidazole rings is 1. The second-order valence-electron chi connectivity index (χ2n) is 5.52. The number of aromatic nitrogens is 2. The number of hydrogen-bond donors (Lipinski definition) is 2. The van der Waals surface area contributed by atoms with E-state index in [0.29, 0.717) is 13.0 Å². The molecule has 2 aromatic heterocycles. The molecule has 9 nitrogen and oxygen atoms in total. The maximum Gasteiger partial charge on any atom is 0.293 e. The zero-order chi connectivity index (χ0) is 18.7. The lowest BCUT2D eigenvalue weighted by Crippen LogP contribution is -2.19. The van der Waals surface area contributed by atoms with Gasteiger partial charge >= 0.3 is 0 Å². The van der Waals surface area contributed by atoms with Crippen LogP contribution in [0.15, 0.2) is 53.7 Å². The van der Waals surface area contributed by atoms with Crippen molar-refractivity contribution >= 4 is 27.0 Å². The average Bonchev–Trinajstić information content (AvgIpc) is 3.04. The molecule has 0 unspecified atom stereocenters. The third-order valence-electron chi connectivity index (χ3n) is 3.86. The molecule has 3 rings (SSSR count). The Hall–Kier alpha value is -2.98. The summed E-state index contributed by atoms with van der Waals surface area (Å²) >= 11 is 0. The third-order valence-corrected chi connectivity index (χ3v) is 5.27. The number of hydrogen-bond acceptors (Lipinski definition) is 6. The van der Waals surface area contributed by atoms with Crippen molar-refractivity contribution in [3.8, 4) is 0 Å². The van der Waals surface area contributed by atoms with Crippen molar-refractivity contribution in [1.29, 1.82) is 0 Å². The van der Waals surface area contributed by atoms with Crippen LogP contribution in [0.3, 0.4) is 0 Å². The van der Waals surface area contributed by atoms with Crippen LogP contribution >= 0.6 is 0 Å². The largest absolute Gasteiger partial charge is 0.379 e. The van der Waals surface area contributed by atoms with E-state index in [2.05, 4.69) is 15.0 Å². The second kappa shape index (κ2) is 7.10. The summed E-state index contributed by atoms with van der Waals surface area (Å²) in [4.78, 5) is 15.0. The maximum absolute atomic E-state index is 11.8. The second-order valence-corrected chi connectivity index (χ2v) is 7.41. The van der Waals surface area contributed by atoms with E-state index >= 15 is 0 Å². The molecule has 26 heavy (non-hydrogen) atoms. The minimum atomic E-state index is -3.74. The molecule has 1 aromatic carbocycles. The standard InChI is InChI=1S/C16H17N5O4S/c1-17-26(24,25)13-5-6-14(15(10-13)21(22)23)18-8-7-12-11-20-9-3-2-4-16(20)19-12/h2-6,9-11,17-18H,7-8H2,1H3. The van der Waals surface area contributed by atoms with Crippen molar-refractivity contribution in [3.63, 3.8) is 0 Å². The van der Waals surface area contributed by atoms with Crippen molar-refractivity contribution < 1.29 is 13.3 Å². The number of nitro groups is 1. The van der Waals surface area contributed by atoms with Crippen LogP contribution in [0.4, 0.5) is 11.4 Å². The summed E-state index contributed by atoms with van der Waals surface area (Å²) in [6.45, 7) is 0.419. The molecular formula is C16H17N5O4S. The van der Waals surface area contributed by atoms with E-state index in [1.807, 2.05) is 35.0 Å². The lowest BCUT2D eigenvalue weighted by atomic mass is 10.2. The highest BCUT2D eigenvalue weighted by Gasteiger charge is 2.20. The average molecular weight is 375 g/mol. The molecule has 0 spiro atoms. The summed E-state index contributed by atoms with van der Waals surface area (Å²) in [7, 11) is -2.49. The van der Waals surface area contributed by atoms with E-state index in [9.17, 15) is 18.5 Å². The van der Waals surface area contributed by atoms with Gasteiger partial charge in [-0.05, 0) is 31.3 Å². The summed E-state index contributed by atoms with van der Waals surface area (Å²) in [6, 6.07) is 9.45. The number of nitrogens with one attached hydrogen (secondary N) is 2. The summed E-state index contributed by atoms with van der Waals surface area (Å²) in [6.07, 6.45) is 4.36. The van der Waals surface area contributed by atoms with Crippen LogP contribution in [0.2, 0.25) is 0 Å². The van der Waals surface area contributed by atoms with Crippen LogP contribution in [0, 0.1) is 10.1 Å². The molecule has 0 aliphatic heterocycles. The Morgan fingerprint density at radius 3 is 2.77 bits per heavy atom. The van der Waals surface area contributed by atoms with Gasteiger partial charge in [0.15, 0.2) is 0 Å². The highest BCUT2D eigenvalue weighted by molar-refractivity contribution is 7.89. The van der Waals surface area contributed by atoms with E-state index in [1.54, 1.807) is 0 Å². The number of sulfonamides is 1. The highest BCUT2D eigenvalue weighted by atomic mass is 32.2. The zero-order valence-electron chi connectivity index (χ0n) is 13.9. The fraction of sp³-hybridized carbons (Fsp3) is 0.188. The normalized spacial score (nSPS) is 11.6. The van der Waals surface area contributed by atoms with Gasteiger partial charge in [0.2, 0.25) is 10.0 Å². The first-order valence-electron chi connectivity index (χ1n) is 7.79. The van der Waals surface area contributed by atoms with Gasteiger partial charge in [-0.15, -0.1) is 0 Å². The molecule has 0 aliphatic carbocycles. The number of nitro benzene ring substituents is 1. The van der Waals surface area contributed by atoms with Gasteiger partial charge in [-0.1, -0.05) is 6.07 Å². The molecule has 2 heterocycles. The van der Waals surface area contributed by atoms with Crippen molar-refractivity contribution in [2.45, 2.75) is 11.3 Å². The number of pyridine rings is 1. The van der Waals surface area contributed by atoms with Gasteiger partial charge in [0.1, 0.15) is 11.3 Å². The number of benzene rings is 1. The Bertz CT molecular complexity index is 1030. The molecule has 3 aromatic rings. The summed E-state index contributed by atoms with van der Waals surface area (Å²) in [5.41, 5.74) is 1.64. The predicted molar refractivity (Wildman–Crippen MR) is 96.7 cm³/mol. The SMILES string of the molecule is CNS(=O)(=O)c1ccc(NCCc2cn3ccccc3n2)c([N+](=O)[O-])c1. The summed E-state index contributed by atoms with van der Waals surface area (Å²) in [5, 5.41) is 14.3. The van der Waals surface area contributed by atoms with Gasteiger partial charge in [0.25, 0.3) is 5.69 Å². The van der Waals surface area contributed by atoms with Crippen LogP contribution in [0.1, 0.15) is 5.69 Å². The number of fused-ring (bicyclic) bond motifs is 1. The zero-order valence-corrected chi connectivity index (χ0v) is 14.7. The highest BCUT2D eigenvalue weighted by Crippen LogP contribution is 2.27. The smallest absolute Gasteiger partial charge is 0.293 e. The first-order chi connectivity index (χ1) is 12.4. The van der Waals surface area contributed by atoms with Crippen molar-refractivity contribution in [3.05, 3.63) is 64.6 Å². The van der Waals surface area contributed by atoms with E-state index in [1.165, 1.54) is 19.2 Å². The molecule has 0 radical (unpaired) electrons. The predicted octanol–water partition coefficient (Wildman–Crippen LogP) is 1.81. The van der Waals surface area contributed by atoms with Gasteiger partial charge in [-0.3, -0.25) is 10.1 Å². The van der Waals surface area contributed by atoms with Gasteiger partial charge < -0.3 is 9.72 Å². The Morgan fingerprint density at radius 2 is 2.08 bits per heavy atom. The Kier molecular flexibility index (Phi) is 4.87. The van der Waals surface area contributed by atoms with Crippen molar-refractivity contribution in [1.82, 2.24) is 14.1 Å². The van der Waals surface area contributed by atoms with Crippen LogP contribution in [0.25, 0.3) is 5.65 Å². The molecule has 10 heteroatoms. The van der Waals surface area contributed by atoms with Crippen molar-refractivity contribution in [2.75, 3.05) is 18.9 Å². The van der Waals surface area contributed by atoms with Gasteiger partial charge in [0.05, 0.1) is 15.5 Å². The molecule has 0 bridgehead atoms. The molecule has 0 amide bonds. The quantitative estimate of drug-likeness (QED) is 0.480. The van der Waals surface area contributed by atoms with Crippen LogP contribution < -0.4 is 10.0 Å². The third kappa shape index (κ3) is 3.65. The number of nitrogens with zero attached hydrogens (tertiary/aromatic N) is 3. The Labute approximate surface area is 149 Å². The number of rotatable bonds is 7. The Morgan fingerprint density at radius 1 is 1.27 bits per heavy atom. The first-order valence-corrected chi connectivity index (χ1v) is 9.27. The monoisotopic (exact) mass is 375 g/mol. The molecule has 136 valence electrons. The lowest BCUT2D eigenvalue weighted by molar-refractivity contribution is -0.384. The molecule has 0 aliphatic rings. The van der Waals surface area contributed by atoms with E-state index < -0.39 is 14.9 Å². The summed E-state index contributed by atoms with van der Waals surface area (Å²) in [5.74, 6) is 0. The van der Waals surface area contributed by atoms with E-state index in [-0.39, 0.29) is 16.3 Å². The maximum atomic E-state index is 11.8. The topological polar surface area (TPSA) is 119 Å². The van der Waals surface area contributed by atoms with Crippen LogP contribution in [0.5, 0.6) is 0 Å². The molecule has 0 saturated carbocycles. The molecule has 0 saturated heterocycles. The molecular weight excluding hydrogens is 358 g/mol. The number of anilines is 1. The molecule has 0 atom stereocenters. The fourth-order valence-corrected chi connectivity index (χ4v) is 3.28. The van der Waals surface area contributed by atoms with E-state index in [0.717, 1.165) is 17.4 Å². The minimum absolute atomic E-state index is 0.155. The lowest BCUT2D eigenvalue weighted by Gasteiger charge is -2.08. The van der Waals surface area contributed by atoms with Crippen LogP contribution in [-0.4, -0.2) is 36.3 Å². The molecule has 0 fully saturated rings. The van der Waals surface area contributed by atoms with Gasteiger partial charge in [-0.2, -0.15) is 0 Å². The Balaban J connectivity index is 1.75. The first kappa shape index (κ1) is 17.8. The minimum Gasteiger partial charge on any atom is -0.379 e. The van der Waals surface area contributed by atoms with Crippen LogP contribution in [-0.2, 0) is 16.4 Å². The van der Waals surface area contributed by atoms with Crippen molar-refractivity contribution in [2.24, 2.45) is 0 Å². The van der Waals surface area contributed by atoms with Gasteiger partial charge in [-0.25, -0.2) is 18.1 Å².